The summed E-state index contributed by atoms with van der Waals surface area (Å²) in [5, 5.41) is 21.0. The van der Waals surface area contributed by atoms with E-state index in [9.17, 15) is 15.0 Å². The molecule has 5 nitrogen and oxygen atoms in total. The molecule has 1 aliphatic heterocycles. The van der Waals surface area contributed by atoms with E-state index >= 15 is 0 Å². The Labute approximate surface area is 199 Å². The van der Waals surface area contributed by atoms with Gasteiger partial charge in [0.2, 0.25) is 5.91 Å². The third-order valence-corrected chi connectivity index (χ3v) is 11.1. The average molecular weight is 460 g/mol. The van der Waals surface area contributed by atoms with Crippen LogP contribution in [0.1, 0.15) is 91.4 Å². The topological polar surface area (TPSA) is 70.0 Å². The molecular weight excluding hydrogens is 414 g/mol. The molecule has 2 N–H and O–H groups in total. The highest BCUT2D eigenvalue weighted by atomic mass is 16.7. The van der Waals surface area contributed by atoms with Gasteiger partial charge in [0.25, 0.3) is 0 Å². The minimum absolute atomic E-state index is 0.0134. The van der Waals surface area contributed by atoms with Crippen LogP contribution < -0.4 is 0 Å². The molecule has 0 aromatic carbocycles. The van der Waals surface area contributed by atoms with Crippen molar-refractivity contribution in [2.75, 3.05) is 13.2 Å². The smallest absolute Gasteiger partial charge is 0.246 e. The number of aliphatic hydroxyl groups excluding tert-OH is 2. The summed E-state index contributed by atoms with van der Waals surface area (Å²) < 4.78 is 0. The highest BCUT2D eigenvalue weighted by molar-refractivity contribution is 5.75. The number of carbonyl (C=O) groups excluding carboxylic acids is 1. The predicted molar refractivity (Wildman–Crippen MR) is 128 cm³/mol. The number of carbonyl (C=O) groups is 1. The number of fused-ring (bicyclic) bond motifs is 5. The lowest BCUT2D eigenvalue weighted by Gasteiger charge is -2.58. The summed E-state index contributed by atoms with van der Waals surface area (Å²) in [4.78, 5) is 18.2. The maximum atomic E-state index is 12.7. The first-order chi connectivity index (χ1) is 15.8. The van der Waals surface area contributed by atoms with Crippen LogP contribution in [0.5, 0.6) is 0 Å². The van der Waals surface area contributed by atoms with Gasteiger partial charge in [0.15, 0.2) is 0 Å². The molecule has 3 saturated carbocycles. The number of nitrogens with zero attached hydrogens (tertiary/aromatic N) is 1. The summed E-state index contributed by atoms with van der Waals surface area (Å²) in [5.41, 5.74) is 2.26. The van der Waals surface area contributed by atoms with Gasteiger partial charge >= 0.3 is 0 Å². The molecule has 0 unspecified atom stereocenters. The molecule has 186 valence electrons. The molecule has 0 aromatic rings. The van der Waals surface area contributed by atoms with E-state index in [0.717, 1.165) is 49.9 Å². The van der Waals surface area contributed by atoms with Crippen molar-refractivity contribution in [3.63, 3.8) is 0 Å². The summed E-state index contributed by atoms with van der Waals surface area (Å²) in [6.07, 6.45) is 13.9. The van der Waals surface area contributed by atoms with Crippen LogP contribution in [0.3, 0.4) is 0 Å². The number of aliphatic hydroxyl groups is 2. The maximum absolute atomic E-state index is 12.7. The molecule has 0 bridgehead atoms. The molecule has 1 amide bonds. The minimum Gasteiger partial charge on any atom is -0.394 e. The minimum atomic E-state index is -0.213. The number of hydrogen-bond acceptors (Lipinski definition) is 4. The summed E-state index contributed by atoms with van der Waals surface area (Å²) in [6, 6.07) is 0. The lowest BCUT2D eigenvalue weighted by molar-refractivity contribution is -0.183. The first-order valence-corrected chi connectivity index (χ1v) is 13.7. The van der Waals surface area contributed by atoms with E-state index in [2.05, 4.69) is 26.8 Å². The van der Waals surface area contributed by atoms with E-state index in [1.165, 1.54) is 37.2 Å². The van der Waals surface area contributed by atoms with Crippen molar-refractivity contribution >= 4 is 5.91 Å². The SMILES string of the molecule is C[C@H](CCC(=O)N1CC[C@@H](CO)O1)[C@H]1CC[C@H]2[C@@H]3CC=C4C[C@@H](O)CC[C@]4(C)[C@H]3CC[C@]12C. The highest BCUT2D eigenvalue weighted by Crippen LogP contribution is 2.67. The quantitative estimate of drug-likeness (QED) is 0.576. The molecule has 0 radical (unpaired) electrons. The number of hydrogen-bond donors (Lipinski definition) is 2. The summed E-state index contributed by atoms with van der Waals surface area (Å²) in [7, 11) is 0. The van der Waals surface area contributed by atoms with Crippen LogP contribution in [0.15, 0.2) is 11.6 Å². The fourth-order valence-corrected chi connectivity index (χ4v) is 9.15. The van der Waals surface area contributed by atoms with Crippen molar-refractivity contribution < 1.29 is 19.8 Å². The van der Waals surface area contributed by atoms with Crippen molar-refractivity contribution in [3.8, 4) is 0 Å². The molecular formula is C28H45NO4. The largest absolute Gasteiger partial charge is 0.394 e. The van der Waals surface area contributed by atoms with Crippen LogP contribution >= 0.6 is 0 Å². The molecule has 4 aliphatic carbocycles. The Morgan fingerprint density at radius 2 is 2.00 bits per heavy atom. The van der Waals surface area contributed by atoms with Crippen molar-refractivity contribution in [1.29, 1.82) is 0 Å². The second-order valence-corrected chi connectivity index (χ2v) is 12.6. The molecule has 0 aromatic heterocycles. The van der Waals surface area contributed by atoms with Gasteiger partial charge in [-0.25, -0.2) is 5.06 Å². The standard InChI is InChI=1S/C28H45NO4/c1-18(4-9-26(32)29-15-12-21(17-30)33-29)23-7-8-24-22-6-5-19-16-20(31)10-13-27(19,2)25(22)11-14-28(23,24)3/h5,18,20-25,30-31H,4,6-17H2,1-3H3/t18-,20+,21+,22+,23-,24+,25+,27+,28-/m1/s1. The lowest BCUT2D eigenvalue weighted by atomic mass is 9.47. The monoisotopic (exact) mass is 459 g/mol. The zero-order valence-electron chi connectivity index (χ0n) is 21.0. The molecule has 1 saturated heterocycles. The summed E-state index contributed by atoms with van der Waals surface area (Å²) >= 11 is 0. The number of amides is 1. The van der Waals surface area contributed by atoms with Crippen LogP contribution in [-0.2, 0) is 9.63 Å². The fourth-order valence-electron chi connectivity index (χ4n) is 9.15. The van der Waals surface area contributed by atoms with Gasteiger partial charge in [-0.3, -0.25) is 9.63 Å². The van der Waals surface area contributed by atoms with Gasteiger partial charge in [0.05, 0.1) is 19.3 Å². The Morgan fingerprint density at radius 3 is 2.76 bits per heavy atom. The van der Waals surface area contributed by atoms with Gasteiger partial charge in [-0.05, 0) is 105 Å². The normalized spacial score (nSPS) is 45.7. The Balaban J connectivity index is 1.23. The van der Waals surface area contributed by atoms with Gasteiger partial charge in [0.1, 0.15) is 6.10 Å². The first-order valence-electron chi connectivity index (χ1n) is 13.7. The average Bonchev–Trinajstić information content (AvgIpc) is 3.42. The van der Waals surface area contributed by atoms with Crippen molar-refractivity contribution in [2.24, 2.45) is 40.4 Å². The van der Waals surface area contributed by atoms with Crippen LogP contribution in [0, 0.1) is 40.4 Å². The van der Waals surface area contributed by atoms with Crippen molar-refractivity contribution in [3.05, 3.63) is 11.6 Å². The Kier molecular flexibility index (Phi) is 6.46. The van der Waals surface area contributed by atoms with Crippen LogP contribution in [-0.4, -0.2) is 46.5 Å². The van der Waals surface area contributed by atoms with E-state index in [1.807, 2.05) is 0 Å². The number of hydroxylamine groups is 2. The van der Waals surface area contributed by atoms with Crippen LogP contribution in [0.25, 0.3) is 0 Å². The zero-order valence-corrected chi connectivity index (χ0v) is 21.0. The third-order valence-electron chi connectivity index (χ3n) is 11.1. The summed E-state index contributed by atoms with van der Waals surface area (Å²) in [6.45, 7) is 8.05. The summed E-state index contributed by atoms with van der Waals surface area (Å²) in [5.74, 6) is 3.70. The molecule has 5 heteroatoms. The van der Waals surface area contributed by atoms with E-state index < -0.39 is 0 Å². The molecule has 5 aliphatic rings. The van der Waals surface area contributed by atoms with E-state index in [-0.39, 0.29) is 24.7 Å². The molecule has 5 rings (SSSR count). The van der Waals surface area contributed by atoms with Crippen molar-refractivity contribution in [1.82, 2.24) is 5.06 Å². The van der Waals surface area contributed by atoms with Gasteiger partial charge in [-0.1, -0.05) is 32.4 Å². The number of allylic oxidation sites excluding steroid dienone is 1. The Bertz CT molecular complexity index is 782. The third kappa shape index (κ3) is 4.00. The van der Waals surface area contributed by atoms with E-state index in [4.69, 9.17) is 4.84 Å². The van der Waals surface area contributed by atoms with Gasteiger partial charge < -0.3 is 10.2 Å². The molecule has 4 fully saturated rings. The van der Waals surface area contributed by atoms with Crippen LogP contribution in [0.2, 0.25) is 0 Å². The van der Waals surface area contributed by atoms with Crippen molar-refractivity contribution in [2.45, 2.75) is 104 Å². The number of rotatable bonds is 5. The molecule has 1 heterocycles. The van der Waals surface area contributed by atoms with Gasteiger partial charge in [-0.15, -0.1) is 0 Å². The van der Waals surface area contributed by atoms with Gasteiger partial charge in [0, 0.05) is 6.42 Å². The predicted octanol–water partition coefficient (Wildman–Crippen LogP) is 4.87. The zero-order chi connectivity index (χ0) is 23.4. The first kappa shape index (κ1) is 23.8. The lowest BCUT2D eigenvalue weighted by Crippen LogP contribution is -2.50. The van der Waals surface area contributed by atoms with Gasteiger partial charge in [-0.2, -0.15) is 0 Å². The fraction of sp³-hybridized carbons (Fsp3) is 0.893. The van der Waals surface area contributed by atoms with E-state index in [1.54, 1.807) is 5.57 Å². The second-order valence-electron chi connectivity index (χ2n) is 12.6. The Morgan fingerprint density at radius 1 is 1.18 bits per heavy atom. The highest BCUT2D eigenvalue weighted by Gasteiger charge is 2.59. The maximum Gasteiger partial charge on any atom is 0.246 e. The molecule has 0 spiro atoms. The van der Waals surface area contributed by atoms with Crippen LogP contribution in [0.4, 0.5) is 0 Å². The van der Waals surface area contributed by atoms with E-state index in [0.29, 0.717) is 35.6 Å². The second kappa shape index (κ2) is 8.95. The molecule has 9 atom stereocenters. The Hall–Kier alpha value is -0.910. The molecule has 33 heavy (non-hydrogen) atoms.